The van der Waals surface area contributed by atoms with Crippen molar-refractivity contribution < 1.29 is 4.79 Å². The van der Waals surface area contributed by atoms with Gasteiger partial charge in [-0.1, -0.05) is 0 Å². The van der Waals surface area contributed by atoms with Gasteiger partial charge in [-0.15, -0.1) is 0 Å². The van der Waals surface area contributed by atoms with Crippen LogP contribution >= 0.6 is 0 Å². The first-order chi connectivity index (χ1) is 11.0. The molecule has 0 unspecified atom stereocenters. The van der Waals surface area contributed by atoms with E-state index in [1.165, 1.54) is 16.8 Å². The van der Waals surface area contributed by atoms with Crippen LogP contribution in [0, 0.1) is 13.8 Å². The number of hydrogen-bond donors (Lipinski definition) is 0. The predicted octanol–water partition coefficient (Wildman–Crippen LogP) is 0.466. The highest BCUT2D eigenvalue weighted by atomic mass is 16.2. The lowest BCUT2D eigenvalue weighted by Gasteiger charge is -2.32. The summed E-state index contributed by atoms with van der Waals surface area (Å²) in [6.45, 7) is 5.05. The summed E-state index contributed by atoms with van der Waals surface area (Å²) in [5.41, 5.74) is 0.0611. The van der Waals surface area contributed by atoms with Gasteiger partial charge in [-0.25, -0.2) is 14.3 Å². The number of aromatic nitrogens is 5. The van der Waals surface area contributed by atoms with Gasteiger partial charge in [0.15, 0.2) is 0 Å². The zero-order chi connectivity index (χ0) is 16.6. The maximum absolute atomic E-state index is 12.6. The maximum atomic E-state index is 12.6. The number of rotatable bonds is 2. The van der Waals surface area contributed by atoms with Crippen molar-refractivity contribution >= 4 is 5.91 Å². The van der Waals surface area contributed by atoms with Gasteiger partial charge in [-0.2, -0.15) is 10.2 Å². The van der Waals surface area contributed by atoms with Crippen molar-refractivity contribution in [3.63, 3.8) is 0 Å². The van der Waals surface area contributed by atoms with Gasteiger partial charge >= 0.3 is 0 Å². The minimum absolute atomic E-state index is 0.126. The lowest BCUT2D eigenvalue weighted by Crippen LogP contribution is -2.42. The molecule has 122 valence electrons. The summed E-state index contributed by atoms with van der Waals surface area (Å²) >= 11 is 0. The van der Waals surface area contributed by atoms with Gasteiger partial charge in [0.25, 0.3) is 11.5 Å². The van der Waals surface area contributed by atoms with E-state index in [2.05, 4.69) is 15.2 Å². The van der Waals surface area contributed by atoms with Crippen LogP contribution in [0.15, 0.2) is 16.9 Å². The summed E-state index contributed by atoms with van der Waals surface area (Å²) in [6.07, 6.45) is 1.87. The minimum Gasteiger partial charge on any atom is -0.335 e. The van der Waals surface area contributed by atoms with Gasteiger partial charge in [0.1, 0.15) is 17.3 Å². The van der Waals surface area contributed by atoms with Crippen LogP contribution in [0.3, 0.4) is 0 Å². The van der Waals surface area contributed by atoms with Gasteiger partial charge in [0, 0.05) is 26.2 Å². The summed E-state index contributed by atoms with van der Waals surface area (Å²) < 4.78 is 3.09. The molecular weight excluding hydrogens is 296 g/mol. The molecule has 3 heterocycles. The quantitative estimate of drug-likeness (QED) is 0.804. The summed E-state index contributed by atoms with van der Waals surface area (Å²) in [5.74, 6) is 1.45. The molecule has 0 bridgehead atoms. The number of nitrogens with zero attached hydrogens (tertiary/aromatic N) is 6. The fourth-order valence-electron chi connectivity index (χ4n) is 3.00. The fraction of sp³-hybridized carbons (Fsp3) is 0.533. The lowest BCUT2D eigenvalue weighted by molar-refractivity contribution is 0.0662. The van der Waals surface area contributed by atoms with Gasteiger partial charge in [0.05, 0.1) is 6.04 Å². The largest absolute Gasteiger partial charge is 0.335 e. The number of carbonyl (C=O) groups excluding carboxylic acids is 1. The molecule has 1 aliphatic heterocycles. The van der Waals surface area contributed by atoms with Crippen molar-refractivity contribution in [1.82, 2.24) is 29.4 Å². The average Bonchev–Trinajstić information content (AvgIpc) is 2.88. The Morgan fingerprint density at radius 3 is 2.70 bits per heavy atom. The number of likely N-dealkylation sites (tertiary alicyclic amines) is 1. The molecule has 1 fully saturated rings. The second-order valence-corrected chi connectivity index (χ2v) is 5.88. The summed E-state index contributed by atoms with van der Waals surface area (Å²) in [5, 5.41) is 8.48. The van der Waals surface area contributed by atoms with E-state index in [9.17, 15) is 9.59 Å². The Balaban J connectivity index is 1.80. The van der Waals surface area contributed by atoms with E-state index in [-0.39, 0.29) is 17.5 Å². The van der Waals surface area contributed by atoms with Crippen molar-refractivity contribution in [3.8, 4) is 0 Å². The van der Waals surface area contributed by atoms with E-state index in [4.69, 9.17) is 0 Å². The Morgan fingerprint density at radius 1 is 1.26 bits per heavy atom. The normalized spacial score (nSPS) is 18.2. The number of aryl methyl sites for hydroxylation is 3. The smallest absolute Gasteiger partial charge is 0.274 e. The Labute approximate surface area is 133 Å². The minimum atomic E-state index is -0.230. The Hall–Kier alpha value is -2.51. The van der Waals surface area contributed by atoms with E-state index in [0.717, 1.165) is 24.5 Å². The molecule has 2 aromatic rings. The molecule has 8 heteroatoms. The molecule has 0 aromatic carbocycles. The van der Waals surface area contributed by atoms with E-state index < -0.39 is 0 Å². The molecule has 23 heavy (non-hydrogen) atoms. The molecular formula is C15H20N6O2. The van der Waals surface area contributed by atoms with E-state index >= 15 is 0 Å². The van der Waals surface area contributed by atoms with Crippen LogP contribution in [0.1, 0.15) is 41.0 Å². The van der Waals surface area contributed by atoms with E-state index in [1.807, 2.05) is 18.5 Å². The highest BCUT2D eigenvalue weighted by molar-refractivity contribution is 5.92. The molecule has 0 saturated carbocycles. The van der Waals surface area contributed by atoms with Crippen LogP contribution in [0.5, 0.6) is 0 Å². The zero-order valence-corrected chi connectivity index (χ0v) is 13.6. The fourth-order valence-corrected chi connectivity index (χ4v) is 3.00. The summed E-state index contributed by atoms with van der Waals surface area (Å²) in [4.78, 5) is 30.1. The number of carbonyl (C=O) groups is 1. The molecule has 8 nitrogen and oxygen atoms in total. The average molecular weight is 316 g/mol. The third kappa shape index (κ3) is 3.01. The second kappa shape index (κ2) is 5.94. The van der Waals surface area contributed by atoms with Crippen molar-refractivity contribution in [1.29, 1.82) is 0 Å². The van der Waals surface area contributed by atoms with Gasteiger partial charge in [0.2, 0.25) is 0 Å². The second-order valence-electron chi connectivity index (χ2n) is 5.88. The Morgan fingerprint density at radius 2 is 2.04 bits per heavy atom. The van der Waals surface area contributed by atoms with Crippen molar-refractivity contribution in [2.45, 2.75) is 32.7 Å². The van der Waals surface area contributed by atoms with E-state index in [1.54, 1.807) is 11.9 Å². The molecule has 0 aliphatic carbocycles. The number of piperidine rings is 1. The topological polar surface area (TPSA) is 85.9 Å². The molecule has 3 rings (SSSR count). The molecule has 1 saturated heterocycles. The SMILES string of the molecule is Cc1nc(C)n([C@@H]2CCCN(C(=O)c3ccc(=O)n(C)n3)C2)n1. The van der Waals surface area contributed by atoms with Crippen molar-refractivity contribution in [3.05, 3.63) is 39.8 Å². The highest BCUT2D eigenvalue weighted by Gasteiger charge is 2.28. The van der Waals surface area contributed by atoms with Gasteiger partial charge < -0.3 is 4.90 Å². The standard InChI is InChI=1S/C15H20N6O2/c1-10-16-11(2)21(17-10)12-5-4-8-20(9-12)15(23)13-6-7-14(22)19(3)18-13/h6-7,12H,4-5,8-9H2,1-3H3/t12-/m1/s1. The zero-order valence-electron chi connectivity index (χ0n) is 13.6. The van der Waals surface area contributed by atoms with E-state index in [0.29, 0.717) is 18.8 Å². The van der Waals surface area contributed by atoms with Crippen LogP contribution in [0.2, 0.25) is 0 Å². The molecule has 0 radical (unpaired) electrons. The molecule has 2 aromatic heterocycles. The van der Waals surface area contributed by atoms with Crippen LogP contribution in [-0.4, -0.2) is 48.4 Å². The summed E-state index contributed by atoms with van der Waals surface area (Å²) in [7, 11) is 1.54. The third-order valence-corrected chi connectivity index (χ3v) is 4.12. The van der Waals surface area contributed by atoms with Gasteiger partial charge in [-0.3, -0.25) is 9.59 Å². The first kappa shape index (κ1) is 15.4. The monoisotopic (exact) mass is 316 g/mol. The third-order valence-electron chi connectivity index (χ3n) is 4.12. The first-order valence-corrected chi connectivity index (χ1v) is 7.69. The number of hydrogen-bond acceptors (Lipinski definition) is 5. The lowest BCUT2D eigenvalue weighted by atomic mass is 10.1. The van der Waals surface area contributed by atoms with Crippen molar-refractivity contribution in [2.75, 3.05) is 13.1 Å². The van der Waals surface area contributed by atoms with Crippen LogP contribution < -0.4 is 5.56 Å². The van der Waals surface area contributed by atoms with Crippen LogP contribution in [-0.2, 0) is 7.05 Å². The number of amides is 1. The van der Waals surface area contributed by atoms with Crippen LogP contribution in [0.4, 0.5) is 0 Å². The molecule has 1 amide bonds. The van der Waals surface area contributed by atoms with Gasteiger partial charge in [-0.05, 0) is 32.8 Å². The Kier molecular flexibility index (Phi) is 3.97. The molecule has 1 aliphatic rings. The predicted molar refractivity (Wildman–Crippen MR) is 83.1 cm³/mol. The highest BCUT2D eigenvalue weighted by Crippen LogP contribution is 2.23. The van der Waals surface area contributed by atoms with Crippen LogP contribution in [0.25, 0.3) is 0 Å². The molecule has 0 N–H and O–H groups in total. The Bertz CT molecular complexity index is 794. The molecule has 1 atom stereocenters. The summed E-state index contributed by atoms with van der Waals surface area (Å²) in [6, 6.07) is 2.98. The molecule has 0 spiro atoms. The first-order valence-electron chi connectivity index (χ1n) is 7.69. The maximum Gasteiger partial charge on any atom is 0.274 e. The van der Waals surface area contributed by atoms with Crippen molar-refractivity contribution in [2.24, 2.45) is 7.05 Å².